The zero-order valence-electron chi connectivity index (χ0n) is 17.9. The van der Waals surface area contributed by atoms with Gasteiger partial charge in [-0.15, -0.1) is 10.2 Å². The lowest BCUT2D eigenvalue weighted by atomic mass is 10.2. The van der Waals surface area contributed by atoms with Crippen LogP contribution < -0.4 is 16.0 Å². The van der Waals surface area contributed by atoms with E-state index in [9.17, 15) is 4.79 Å². The van der Waals surface area contributed by atoms with Crippen LogP contribution in [0.25, 0.3) is 5.69 Å². The Labute approximate surface area is 185 Å². The van der Waals surface area contributed by atoms with Gasteiger partial charge in [0.1, 0.15) is 11.6 Å². The van der Waals surface area contributed by atoms with E-state index < -0.39 is 0 Å². The number of pyridine rings is 1. The summed E-state index contributed by atoms with van der Waals surface area (Å²) in [5.74, 6) is 1.77. The number of nitrogens with zero attached hydrogens (tertiary/aromatic N) is 5. The van der Waals surface area contributed by atoms with Crippen LogP contribution in [0.4, 0.5) is 17.5 Å². The fourth-order valence-electron chi connectivity index (χ4n) is 3.09. The zero-order chi connectivity index (χ0) is 22.3. The third-order valence-corrected chi connectivity index (χ3v) is 4.80. The van der Waals surface area contributed by atoms with Gasteiger partial charge in [0.2, 0.25) is 0 Å². The summed E-state index contributed by atoms with van der Waals surface area (Å²) in [4.78, 5) is 16.8. The lowest BCUT2D eigenvalue weighted by Crippen LogP contribution is -2.29. The van der Waals surface area contributed by atoms with Gasteiger partial charge < -0.3 is 16.0 Å². The summed E-state index contributed by atoms with van der Waals surface area (Å²) in [6, 6.07) is 17.2. The van der Waals surface area contributed by atoms with Crippen LogP contribution in [0.2, 0.25) is 0 Å². The number of benzene rings is 1. The molecule has 0 saturated carbocycles. The number of carbonyl (C=O) groups excluding carboxylic acids is 1. The van der Waals surface area contributed by atoms with E-state index in [-0.39, 0.29) is 5.91 Å². The van der Waals surface area contributed by atoms with Gasteiger partial charge in [-0.25, -0.2) is 9.67 Å². The Morgan fingerprint density at radius 3 is 2.34 bits per heavy atom. The highest BCUT2D eigenvalue weighted by Crippen LogP contribution is 2.14. The lowest BCUT2D eigenvalue weighted by molar-refractivity contribution is 0.0954. The summed E-state index contributed by atoms with van der Waals surface area (Å²) in [7, 11) is 0. The van der Waals surface area contributed by atoms with Crippen LogP contribution in [0.5, 0.6) is 0 Å². The predicted octanol–water partition coefficient (Wildman–Crippen LogP) is 3.26. The normalized spacial score (nSPS) is 10.6. The second-order valence-corrected chi connectivity index (χ2v) is 7.22. The minimum Gasteiger partial charge on any atom is -0.367 e. The fourth-order valence-corrected chi connectivity index (χ4v) is 3.09. The standard InChI is InChI=1S/C23H24N8O/c1-16-8-9-20(26-14-16)28-22-11-10-21(29-30-22)24-12-13-25-23(32)19-15-27-31(17(19)2)18-6-4-3-5-7-18/h3-11,14-15H,12-13H2,1-2H3,(H,24,29)(H,25,32)(H,26,28,30). The molecule has 3 N–H and O–H groups in total. The Balaban J connectivity index is 1.25. The monoisotopic (exact) mass is 428 g/mol. The van der Waals surface area contributed by atoms with Crippen LogP contribution in [0.1, 0.15) is 21.6 Å². The molecule has 4 rings (SSSR count). The van der Waals surface area contributed by atoms with Crippen LogP contribution in [0.15, 0.2) is 67.0 Å². The van der Waals surface area contributed by atoms with E-state index in [1.54, 1.807) is 17.1 Å². The van der Waals surface area contributed by atoms with Gasteiger partial charge in [-0.05, 0) is 49.7 Å². The van der Waals surface area contributed by atoms with Crippen LogP contribution in [-0.4, -0.2) is 44.0 Å². The van der Waals surface area contributed by atoms with Gasteiger partial charge in [0.05, 0.1) is 23.1 Å². The Hall–Kier alpha value is -4.27. The Morgan fingerprint density at radius 1 is 0.875 bits per heavy atom. The number of hydrogen-bond acceptors (Lipinski definition) is 7. The zero-order valence-corrected chi connectivity index (χ0v) is 17.9. The largest absolute Gasteiger partial charge is 0.367 e. The smallest absolute Gasteiger partial charge is 0.254 e. The summed E-state index contributed by atoms with van der Waals surface area (Å²) < 4.78 is 1.75. The highest BCUT2D eigenvalue weighted by Gasteiger charge is 2.14. The molecule has 0 atom stereocenters. The molecule has 0 aliphatic heterocycles. The van der Waals surface area contributed by atoms with E-state index in [1.165, 1.54) is 0 Å². The van der Waals surface area contributed by atoms with E-state index >= 15 is 0 Å². The molecule has 0 saturated heterocycles. The molecule has 0 spiro atoms. The lowest BCUT2D eigenvalue weighted by Gasteiger charge is -2.08. The molecule has 0 aliphatic rings. The van der Waals surface area contributed by atoms with Crippen molar-refractivity contribution in [2.45, 2.75) is 13.8 Å². The van der Waals surface area contributed by atoms with Gasteiger partial charge >= 0.3 is 0 Å². The van der Waals surface area contributed by atoms with E-state index in [0.29, 0.717) is 36.1 Å². The molecule has 4 aromatic rings. The van der Waals surface area contributed by atoms with Crippen LogP contribution in [0.3, 0.4) is 0 Å². The summed E-state index contributed by atoms with van der Waals surface area (Å²) in [6.45, 7) is 4.81. The van der Waals surface area contributed by atoms with Crippen molar-refractivity contribution in [1.29, 1.82) is 0 Å². The third-order valence-electron chi connectivity index (χ3n) is 4.80. The summed E-state index contributed by atoms with van der Waals surface area (Å²) in [5, 5.41) is 21.8. The number of rotatable bonds is 8. The second-order valence-electron chi connectivity index (χ2n) is 7.22. The van der Waals surface area contributed by atoms with E-state index in [0.717, 1.165) is 16.9 Å². The van der Waals surface area contributed by atoms with Gasteiger partial charge in [0.15, 0.2) is 5.82 Å². The van der Waals surface area contributed by atoms with Crippen molar-refractivity contribution in [3.05, 3.63) is 83.8 Å². The molecule has 1 amide bonds. The predicted molar refractivity (Wildman–Crippen MR) is 123 cm³/mol. The first-order valence-electron chi connectivity index (χ1n) is 10.3. The molecule has 0 bridgehead atoms. The van der Waals surface area contributed by atoms with E-state index in [4.69, 9.17) is 0 Å². The van der Waals surface area contributed by atoms with Crippen molar-refractivity contribution >= 4 is 23.4 Å². The van der Waals surface area contributed by atoms with Gasteiger partial charge in [0.25, 0.3) is 5.91 Å². The molecule has 1 aromatic carbocycles. The van der Waals surface area contributed by atoms with Gasteiger partial charge in [-0.2, -0.15) is 5.10 Å². The van der Waals surface area contributed by atoms with Crippen molar-refractivity contribution in [3.8, 4) is 5.69 Å². The van der Waals surface area contributed by atoms with Crippen molar-refractivity contribution in [3.63, 3.8) is 0 Å². The van der Waals surface area contributed by atoms with Crippen LogP contribution in [0, 0.1) is 13.8 Å². The SMILES string of the molecule is Cc1ccc(Nc2ccc(NCCNC(=O)c3cnn(-c4ccccc4)c3C)nn2)nc1. The second kappa shape index (κ2) is 9.69. The van der Waals surface area contributed by atoms with E-state index in [2.05, 4.69) is 36.2 Å². The summed E-state index contributed by atoms with van der Waals surface area (Å²) in [5.41, 5.74) is 3.35. The maximum atomic E-state index is 12.5. The molecular weight excluding hydrogens is 404 g/mol. The molecule has 0 aliphatic carbocycles. The van der Waals surface area contributed by atoms with Crippen molar-refractivity contribution < 1.29 is 4.79 Å². The molecule has 9 nitrogen and oxygen atoms in total. The van der Waals surface area contributed by atoms with Crippen molar-refractivity contribution in [1.82, 2.24) is 30.3 Å². The number of carbonyl (C=O) groups is 1. The Morgan fingerprint density at radius 2 is 1.62 bits per heavy atom. The maximum Gasteiger partial charge on any atom is 0.254 e. The molecule has 32 heavy (non-hydrogen) atoms. The fraction of sp³-hybridized carbons (Fsp3) is 0.174. The molecule has 0 unspecified atom stereocenters. The number of aryl methyl sites for hydroxylation is 1. The molecule has 3 heterocycles. The molecule has 9 heteroatoms. The number of para-hydroxylation sites is 1. The van der Waals surface area contributed by atoms with Crippen LogP contribution >= 0.6 is 0 Å². The molecule has 162 valence electrons. The average molecular weight is 429 g/mol. The van der Waals surface area contributed by atoms with Gasteiger partial charge in [-0.1, -0.05) is 24.3 Å². The third kappa shape index (κ3) is 5.07. The number of aromatic nitrogens is 5. The Bertz CT molecular complexity index is 1170. The number of anilines is 3. The number of nitrogens with one attached hydrogen (secondary N) is 3. The van der Waals surface area contributed by atoms with E-state index in [1.807, 2.05) is 68.4 Å². The summed E-state index contributed by atoms with van der Waals surface area (Å²) in [6.07, 6.45) is 3.37. The molecule has 0 fully saturated rings. The number of amides is 1. The quantitative estimate of drug-likeness (QED) is 0.370. The molecule has 3 aromatic heterocycles. The van der Waals surface area contributed by atoms with Gasteiger partial charge in [0, 0.05) is 19.3 Å². The van der Waals surface area contributed by atoms with Crippen LogP contribution in [-0.2, 0) is 0 Å². The molecule has 0 radical (unpaired) electrons. The van der Waals surface area contributed by atoms with Crippen molar-refractivity contribution in [2.24, 2.45) is 0 Å². The Kier molecular flexibility index (Phi) is 6.35. The number of hydrogen-bond donors (Lipinski definition) is 3. The van der Waals surface area contributed by atoms with Gasteiger partial charge in [-0.3, -0.25) is 4.79 Å². The highest BCUT2D eigenvalue weighted by atomic mass is 16.1. The first-order valence-corrected chi connectivity index (χ1v) is 10.3. The topological polar surface area (TPSA) is 110 Å². The maximum absolute atomic E-state index is 12.5. The minimum absolute atomic E-state index is 0.164. The molecular formula is C23H24N8O. The average Bonchev–Trinajstić information content (AvgIpc) is 3.21. The first kappa shape index (κ1) is 21.0. The highest BCUT2D eigenvalue weighted by molar-refractivity contribution is 5.95. The summed E-state index contributed by atoms with van der Waals surface area (Å²) >= 11 is 0. The van der Waals surface area contributed by atoms with Crippen molar-refractivity contribution in [2.75, 3.05) is 23.7 Å². The minimum atomic E-state index is -0.164. The first-order chi connectivity index (χ1) is 15.6.